The van der Waals surface area contributed by atoms with Gasteiger partial charge in [-0.25, -0.2) is 0 Å². The van der Waals surface area contributed by atoms with Gasteiger partial charge in [-0.3, -0.25) is 4.79 Å². The van der Waals surface area contributed by atoms with Crippen molar-refractivity contribution in [1.29, 1.82) is 0 Å². The Balaban J connectivity index is 1.81. The van der Waals surface area contributed by atoms with Crippen LogP contribution < -0.4 is 11.1 Å². The molecule has 3 heteroatoms. The Morgan fingerprint density at radius 1 is 1.29 bits per heavy atom. The van der Waals surface area contributed by atoms with Gasteiger partial charge in [0.1, 0.15) is 0 Å². The van der Waals surface area contributed by atoms with Gasteiger partial charge in [-0.05, 0) is 37.5 Å². The number of amides is 1. The van der Waals surface area contributed by atoms with E-state index in [0.717, 1.165) is 25.8 Å². The molecule has 2 unspecified atom stereocenters. The standard InChI is InChI=1S/C14H26N2O/c1-11-5-4-8-14(15,9-11)13(17)16-10-12-6-2-3-7-12/h11-12H,2-10,15H2,1H3,(H,16,17). The Hall–Kier alpha value is -0.570. The fourth-order valence-electron chi connectivity index (χ4n) is 3.43. The fraction of sp³-hybridized carbons (Fsp3) is 0.929. The van der Waals surface area contributed by atoms with Crippen LogP contribution in [0, 0.1) is 11.8 Å². The second-order valence-corrected chi connectivity index (χ2v) is 6.22. The third-order valence-electron chi connectivity index (χ3n) is 4.51. The number of nitrogens with one attached hydrogen (secondary N) is 1. The average molecular weight is 238 g/mol. The molecule has 2 aliphatic rings. The van der Waals surface area contributed by atoms with E-state index in [0.29, 0.717) is 11.8 Å². The highest BCUT2D eigenvalue weighted by Gasteiger charge is 2.37. The zero-order valence-corrected chi connectivity index (χ0v) is 11.0. The fourth-order valence-corrected chi connectivity index (χ4v) is 3.43. The summed E-state index contributed by atoms with van der Waals surface area (Å²) in [4.78, 5) is 12.2. The van der Waals surface area contributed by atoms with Crippen LogP contribution in [0.5, 0.6) is 0 Å². The van der Waals surface area contributed by atoms with Gasteiger partial charge in [-0.1, -0.05) is 32.6 Å². The van der Waals surface area contributed by atoms with E-state index in [2.05, 4.69) is 12.2 Å². The molecule has 0 aromatic rings. The van der Waals surface area contributed by atoms with Crippen molar-refractivity contribution in [1.82, 2.24) is 5.32 Å². The third kappa shape index (κ3) is 3.21. The highest BCUT2D eigenvalue weighted by molar-refractivity contribution is 5.86. The molecule has 0 bridgehead atoms. The van der Waals surface area contributed by atoms with E-state index in [1.165, 1.54) is 32.1 Å². The van der Waals surface area contributed by atoms with E-state index in [9.17, 15) is 4.79 Å². The summed E-state index contributed by atoms with van der Waals surface area (Å²) in [5.41, 5.74) is 5.68. The minimum atomic E-state index is -0.587. The molecule has 0 aromatic heterocycles. The second-order valence-electron chi connectivity index (χ2n) is 6.22. The number of rotatable bonds is 3. The van der Waals surface area contributed by atoms with Crippen LogP contribution in [0.25, 0.3) is 0 Å². The Labute approximate surface area is 105 Å². The molecule has 2 aliphatic carbocycles. The lowest BCUT2D eigenvalue weighted by Gasteiger charge is -2.35. The van der Waals surface area contributed by atoms with Crippen LogP contribution in [-0.2, 0) is 4.79 Å². The lowest BCUT2D eigenvalue weighted by Crippen LogP contribution is -2.56. The molecule has 0 aliphatic heterocycles. The van der Waals surface area contributed by atoms with Crippen LogP contribution in [0.4, 0.5) is 0 Å². The molecule has 0 spiro atoms. The molecular formula is C14H26N2O. The topological polar surface area (TPSA) is 55.1 Å². The maximum absolute atomic E-state index is 12.2. The SMILES string of the molecule is CC1CCCC(N)(C(=O)NCC2CCCC2)C1. The quantitative estimate of drug-likeness (QED) is 0.792. The van der Waals surface area contributed by atoms with Gasteiger partial charge in [-0.15, -0.1) is 0 Å². The Morgan fingerprint density at radius 3 is 2.65 bits per heavy atom. The normalized spacial score (nSPS) is 34.8. The zero-order chi connectivity index (χ0) is 12.3. The van der Waals surface area contributed by atoms with Gasteiger partial charge in [0, 0.05) is 6.54 Å². The maximum Gasteiger partial charge on any atom is 0.240 e. The van der Waals surface area contributed by atoms with Crippen LogP contribution in [0.1, 0.15) is 58.3 Å². The second kappa shape index (κ2) is 5.38. The summed E-state index contributed by atoms with van der Waals surface area (Å²) in [5, 5.41) is 3.09. The minimum Gasteiger partial charge on any atom is -0.354 e. The van der Waals surface area contributed by atoms with E-state index < -0.39 is 5.54 Å². The first-order valence-electron chi connectivity index (χ1n) is 7.17. The molecule has 98 valence electrons. The molecule has 0 aromatic carbocycles. The lowest BCUT2D eigenvalue weighted by molar-refractivity contribution is -0.128. The lowest BCUT2D eigenvalue weighted by atomic mass is 9.76. The molecule has 3 nitrogen and oxygen atoms in total. The molecule has 2 saturated carbocycles. The first-order valence-corrected chi connectivity index (χ1v) is 7.17. The number of carbonyl (C=O) groups is 1. The van der Waals surface area contributed by atoms with Crippen molar-refractivity contribution in [3.63, 3.8) is 0 Å². The summed E-state index contributed by atoms with van der Waals surface area (Å²) < 4.78 is 0. The predicted octanol–water partition coefficient (Wildman–Crippen LogP) is 2.20. The molecule has 2 fully saturated rings. The van der Waals surface area contributed by atoms with Crippen LogP contribution in [0.2, 0.25) is 0 Å². The summed E-state index contributed by atoms with van der Waals surface area (Å²) in [5.74, 6) is 1.38. The third-order valence-corrected chi connectivity index (χ3v) is 4.51. The Bertz CT molecular complexity index is 273. The van der Waals surface area contributed by atoms with E-state index in [-0.39, 0.29) is 5.91 Å². The summed E-state index contributed by atoms with van der Waals surface area (Å²) in [6.07, 6.45) is 9.21. The van der Waals surface area contributed by atoms with Crippen molar-refractivity contribution >= 4 is 5.91 Å². The number of hydrogen-bond acceptors (Lipinski definition) is 2. The largest absolute Gasteiger partial charge is 0.354 e. The van der Waals surface area contributed by atoms with Gasteiger partial charge in [-0.2, -0.15) is 0 Å². The predicted molar refractivity (Wildman–Crippen MR) is 69.5 cm³/mol. The molecule has 0 heterocycles. The monoisotopic (exact) mass is 238 g/mol. The molecule has 17 heavy (non-hydrogen) atoms. The van der Waals surface area contributed by atoms with Gasteiger partial charge in [0.25, 0.3) is 0 Å². The summed E-state index contributed by atoms with van der Waals surface area (Å²) in [6.45, 7) is 3.04. The van der Waals surface area contributed by atoms with E-state index >= 15 is 0 Å². The highest BCUT2D eigenvalue weighted by atomic mass is 16.2. The molecule has 0 radical (unpaired) electrons. The van der Waals surface area contributed by atoms with Crippen molar-refractivity contribution in [2.24, 2.45) is 17.6 Å². The van der Waals surface area contributed by atoms with Crippen LogP contribution >= 0.6 is 0 Å². The average Bonchev–Trinajstić information content (AvgIpc) is 2.78. The number of hydrogen-bond donors (Lipinski definition) is 2. The van der Waals surface area contributed by atoms with E-state index in [1.54, 1.807) is 0 Å². The Morgan fingerprint density at radius 2 is 2.00 bits per heavy atom. The molecule has 3 N–H and O–H groups in total. The summed E-state index contributed by atoms with van der Waals surface area (Å²) in [7, 11) is 0. The van der Waals surface area contributed by atoms with Crippen LogP contribution in [-0.4, -0.2) is 18.0 Å². The highest BCUT2D eigenvalue weighted by Crippen LogP contribution is 2.31. The van der Waals surface area contributed by atoms with E-state index in [4.69, 9.17) is 5.73 Å². The van der Waals surface area contributed by atoms with Gasteiger partial charge in [0.15, 0.2) is 0 Å². The number of nitrogens with two attached hydrogens (primary N) is 1. The zero-order valence-electron chi connectivity index (χ0n) is 11.0. The van der Waals surface area contributed by atoms with Crippen LogP contribution in [0.3, 0.4) is 0 Å². The number of carbonyl (C=O) groups excluding carboxylic acids is 1. The molecular weight excluding hydrogens is 212 g/mol. The minimum absolute atomic E-state index is 0.0935. The molecule has 1 amide bonds. The molecule has 0 saturated heterocycles. The summed E-state index contributed by atoms with van der Waals surface area (Å²) >= 11 is 0. The van der Waals surface area contributed by atoms with Gasteiger partial charge < -0.3 is 11.1 Å². The first kappa shape index (κ1) is 12.9. The molecule has 2 atom stereocenters. The van der Waals surface area contributed by atoms with Gasteiger partial charge in [0.2, 0.25) is 5.91 Å². The van der Waals surface area contributed by atoms with Crippen molar-refractivity contribution in [2.75, 3.05) is 6.54 Å². The van der Waals surface area contributed by atoms with E-state index in [1.807, 2.05) is 0 Å². The van der Waals surface area contributed by atoms with Crippen molar-refractivity contribution in [3.05, 3.63) is 0 Å². The van der Waals surface area contributed by atoms with Crippen molar-refractivity contribution in [3.8, 4) is 0 Å². The first-order chi connectivity index (χ1) is 8.10. The summed E-state index contributed by atoms with van der Waals surface area (Å²) in [6, 6.07) is 0. The van der Waals surface area contributed by atoms with Crippen LogP contribution in [0.15, 0.2) is 0 Å². The smallest absolute Gasteiger partial charge is 0.240 e. The molecule has 2 rings (SSSR count). The van der Waals surface area contributed by atoms with Gasteiger partial charge >= 0.3 is 0 Å². The van der Waals surface area contributed by atoms with Gasteiger partial charge in [0.05, 0.1) is 5.54 Å². The van der Waals surface area contributed by atoms with Crippen molar-refractivity contribution in [2.45, 2.75) is 63.8 Å². The Kier molecular flexibility index (Phi) is 4.08. The van der Waals surface area contributed by atoms with Crippen molar-refractivity contribution < 1.29 is 4.79 Å². The maximum atomic E-state index is 12.2.